The number of rotatable bonds is 10. The summed E-state index contributed by atoms with van der Waals surface area (Å²) in [5.41, 5.74) is 2.75. The molecule has 1 fully saturated rings. The van der Waals surface area contributed by atoms with Gasteiger partial charge in [0.2, 0.25) is 11.9 Å². The van der Waals surface area contributed by atoms with Crippen LogP contribution in [0.1, 0.15) is 18.4 Å². The summed E-state index contributed by atoms with van der Waals surface area (Å²) in [5.74, 6) is 0.111. The van der Waals surface area contributed by atoms with Gasteiger partial charge < -0.3 is 30.7 Å². The molecule has 1 saturated carbocycles. The number of para-hydroxylation sites is 1. The van der Waals surface area contributed by atoms with Gasteiger partial charge in [0.1, 0.15) is 12.8 Å². The molecular weight excluding hydrogens is 448 g/mol. The molecule has 4 N–H and O–H groups in total. The molecular formula is C25H30N6O4. The molecule has 1 aromatic heterocycles. The molecule has 0 saturated heterocycles. The number of aliphatic hydroxyl groups is 1. The summed E-state index contributed by atoms with van der Waals surface area (Å²) in [6, 6.07) is 5.88. The topological polar surface area (TPSA) is 129 Å². The van der Waals surface area contributed by atoms with Crippen LogP contribution in [0, 0.1) is 12.8 Å². The molecule has 0 bridgehead atoms. The quantitative estimate of drug-likeness (QED) is 0.302. The van der Waals surface area contributed by atoms with Gasteiger partial charge in [-0.25, -0.2) is 9.97 Å². The number of carbonyl (C=O) groups is 2. The van der Waals surface area contributed by atoms with Crippen LogP contribution >= 0.6 is 0 Å². The fourth-order valence-corrected chi connectivity index (χ4v) is 3.69. The first-order chi connectivity index (χ1) is 16.8. The van der Waals surface area contributed by atoms with Crippen molar-refractivity contribution in [2.24, 2.45) is 5.92 Å². The Balaban J connectivity index is 1.40. The van der Waals surface area contributed by atoms with Crippen molar-refractivity contribution in [1.82, 2.24) is 20.2 Å². The second-order valence-electron chi connectivity index (χ2n) is 8.75. The standard InChI is InChI=1S/C25H30N6O4/c1-4-21(32)29-20-7-5-6-15(2)22(20)30-25-26-11-19(12-27-25)35-14-17-10-16(13-31(3)24(17)34)23(33)28-18-8-9-18/h4-7,10-12,16,18,21,29,32H,1,8-9,13-14H2,2-3H3,(H,28,33)(H,26,27,30). The second-order valence-corrected chi connectivity index (χ2v) is 8.75. The van der Waals surface area contributed by atoms with Gasteiger partial charge in [-0.05, 0) is 37.5 Å². The molecule has 2 atom stereocenters. The van der Waals surface area contributed by atoms with Crippen LogP contribution in [0.4, 0.5) is 17.3 Å². The van der Waals surface area contributed by atoms with Crippen molar-refractivity contribution in [1.29, 1.82) is 0 Å². The van der Waals surface area contributed by atoms with Gasteiger partial charge in [-0.1, -0.05) is 24.8 Å². The van der Waals surface area contributed by atoms with E-state index in [0.717, 1.165) is 24.1 Å². The number of likely N-dealkylation sites (N-methyl/N-ethyl adjacent to an activating group) is 1. The number of hydrogen-bond donors (Lipinski definition) is 4. The fourth-order valence-electron chi connectivity index (χ4n) is 3.69. The van der Waals surface area contributed by atoms with E-state index >= 15 is 0 Å². The Morgan fingerprint density at radius 3 is 2.77 bits per heavy atom. The summed E-state index contributed by atoms with van der Waals surface area (Å²) < 4.78 is 5.75. The van der Waals surface area contributed by atoms with Crippen LogP contribution in [0.15, 0.2) is 54.9 Å². The maximum Gasteiger partial charge on any atom is 0.252 e. The van der Waals surface area contributed by atoms with Gasteiger partial charge in [0.25, 0.3) is 5.91 Å². The van der Waals surface area contributed by atoms with Gasteiger partial charge in [-0.15, -0.1) is 0 Å². The Bertz CT molecular complexity index is 1130. The zero-order valence-electron chi connectivity index (χ0n) is 19.8. The van der Waals surface area contributed by atoms with Gasteiger partial charge in [0.05, 0.1) is 35.3 Å². The SMILES string of the molecule is C=CC(O)Nc1cccc(C)c1Nc1ncc(OCC2=CC(C(=O)NC3CC3)CN(C)C2=O)cn1. The number of hydrogen-bond acceptors (Lipinski definition) is 8. The number of nitrogens with zero attached hydrogens (tertiary/aromatic N) is 3. The van der Waals surface area contributed by atoms with Crippen molar-refractivity contribution in [3.8, 4) is 5.75 Å². The average molecular weight is 479 g/mol. The van der Waals surface area contributed by atoms with Crippen LogP contribution in [-0.2, 0) is 9.59 Å². The maximum atomic E-state index is 12.5. The van der Waals surface area contributed by atoms with Crippen LogP contribution in [0.2, 0.25) is 0 Å². The first-order valence-corrected chi connectivity index (χ1v) is 11.5. The highest BCUT2D eigenvalue weighted by Gasteiger charge is 2.32. The summed E-state index contributed by atoms with van der Waals surface area (Å²) >= 11 is 0. The predicted octanol–water partition coefficient (Wildman–Crippen LogP) is 2.12. The number of aromatic nitrogens is 2. The monoisotopic (exact) mass is 478 g/mol. The summed E-state index contributed by atoms with van der Waals surface area (Å²) in [4.78, 5) is 35.1. The van der Waals surface area contributed by atoms with E-state index in [1.165, 1.54) is 23.4 Å². The maximum absolute atomic E-state index is 12.5. The average Bonchev–Trinajstić information content (AvgIpc) is 3.66. The van der Waals surface area contributed by atoms with Crippen LogP contribution < -0.4 is 20.7 Å². The Morgan fingerprint density at radius 2 is 2.09 bits per heavy atom. The van der Waals surface area contributed by atoms with Crippen molar-refractivity contribution in [3.05, 3.63) is 60.5 Å². The van der Waals surface area contributed by atoms with E-state index in [2.05, 4.69) is 32.5 Å². The summed E-state index contributed by atoms with van der Waals surface area (Å²) in [6.45, 7) is 5.86. The predicted molar refractivity (Wildman–Crippen MR) is 132 cm³/mol. The highest BCUT2D eigenvalue weighted by Crippen LogP contribution is 2.29. The lowest BCUT2D eigenvalue weighted by atomic mass is 9.99. The zero-order chi connectivity index (χ0) is 24.9. The van der Waals surface area contributed by atoms with E-state index in [4.69, 9.17) is 4.74 Å². The van der Waals surface area contributed by atoms with E-state index in [-0.39, 0.29) is 24.5 Å². The van der Waals surface area contributed by atoms with Crippen LogP contribution in [-0.4, -0.2) is 64.3 Å². The van der Waals surface area contributed by atoms with Gasteiger partial charge >= 0.3 is 0 Å². The van der Waals surface area contributed by atoms with Crippen molar-refractivity contribution in [2.45, 2.75) is 32.0 Å². The van der Waals surface area contributed by atoms with Crippen molar-refractivity contribution >= 4 is 29.1 Å². The molecule has 2 aromatic rings. The number of benzene rings is 1. The lowest BCUT2D eigenvalue weighted by Crippen LogP contribution is -2.44. The molecule has 0 spiro atoms. The normalized spacial score (nSPS) is 18.4. The first-order valence-electron chi connectivity index (χ1n) is 11.5. The lowest BCUT2D eigenvalue weighted by Gasteiger charge is -2.28. The smallest absolute Gasteiger partial charge is 0.252 e. The minimum absolute atomic E-state index is 0.0117. The largest absolute Gasteiger partial charge is 0.485 e. The number of aryl methyl sites for hydroxylation is 1. The Morgan fingerprint density at radius 1 is 1.34 bits per heavy atom. The van der Waals surface area contributed by atoms with E-state index in [1.807, 2.05) is 25.1 Å². The van der Waals surface area contributed by atoms with E-state index in [9.17, 15) is 14.7 Å². The molecule has 2 unspecified atom stereocenters. The van der Waals surface area contributed by atoms with Crippen molar-refractivity contribution in [2.75, 3.05) is 30.8 Å². The van der Waals surface area contributed by atoms with Crippen molar-refractivity contribution < 1.29 is 19.4 Å². The molecule has 0 radical (unpaired) electrons. The highest BCUT2D eigenvalue weighted by atomic mass is 16.5. The molecule has 2 aliphatic rings. The van der Waals surface area contributed by atoms with E-state index in [0.29, 0.717) is 29.5 Å². The van der Waals surface area contributed by atoms with E-state index < -0.39 is 12.1 Å². The summed E-state index contributed by atoms with van der Waals surface area (Å²) in [6.07, 6.45) is 7.22. The van der Waals surface area contributed by atoms with Gasteiger partial charge in [-0.2, -0.15) is 0 Å². The number of anilines is 3. The molecule has 1 aliphatic carbocycles. The third kappa shape index (κ3) is 6.15. The van der Waals surface area contributed by atoms with Crippen LogP contribution in [0.3, 0.4) is 0 Å². The zero-order valence-corrected chi connectivity index (χ0v) is 19.8. The molecule has 10 nitrogen and oxygen atoms in total. The third-order valence-electron chi connectivity index (χ3n) is 5.81. The molecule has 10 heteroatoms. The van der Waals surface area contributed by atoms with Gasteiger partial charge in [0.15, 0.2) is 5.75 Å². The lowest BCUT2D eigenvalue weighted by molar-refractivity contribution is -0.130. The number of amides is 2. The molecule has 35 heavy (non-hydrogen) atoms. The number of nitrogens with one attached hydrogen (secondary N) is 3. The molecule has 184 valence electrons. The number of aliphatic hydroxyl groups excluding tert-OH is 1. The minimum atomic E-state index is -0.899. The summed E-state index contributed by atoms with van der Waals surface area (Å²) in [7, 11) is 1.68. The van der Waals surface area contributed by atoms with Crippen LogP contribution in [0.25, 0.3) is 0 Å². The summed E-state index contributed by atoms with van der Waals surface area (Å²) in [5, 5.41) is 18.9. The Kier molecular flexibility index (Phi) is 7.31. The van der Waals surface area contributed by atoms with E-state index in [1.54, 1.807) is 13.1 Å². The first kappa shape index (κ1) is 24.2. The molecule has 1 aliphatic heterocycles. The minimum Gasteiger partial charge on any atom is -0.485 e. The van der Waals surface area contributed by atoms with Crippen LogP contribution in [0.5, 0.6) is 5.75 Å². The fraction of sp³-hybridized carbons (Fsp3) is 0.360. The Labute approximate surface area is 204 Å². The van der Waals surface area contributed by atoms with Crippen molar-refractivity contribution in [3.63, 3.8) is 0 Å². The molecule has 1 aromatic carbocycles. The Hall–Kier alpha value is -3.92. The molecule has 2 heterocycles. The second kappa shape index (κ2) is 10.6. The highest BCUT2D eigenvalue weighted by molar-refractivity contribution is 5.97. The number of ether oxygens (including phenoxy) is 1. The molecule has 2 amide bonds. The molecule has 4 rings (SSSR count). The van der Waals surface area contributed by atoms with Gasteiger partial charge in [-0.3, -0.25) is 9.59 Å². The third-order valence-corrected chi connectivity index (χ3v) is 5.81. The number of carbonyl (C=O) groups excluding carboxylic acids is 2. The van der Waals surface area contributed by atoms with Gasteiger partial charge in [0, 0.05) is 19.6 Å².